The number of benzene rings is 1. The molecule has 22 heavy (non-hydrogen) atoms. The molecular formula is C14H17Cl2N3O3. The molecule has 2 unspecified atom stereocenters. The Morgan fingerprint density at radius 3 is 2.55 bits per heavy atom. The number of fused-ring (bicyclic) bond motifs is 2. The zero-order chi connectivity index (χ0) is 15.0. The molecule has 2 aliphatic heterocycles. The zero-order valence-electron chi connectivity index (χ0n) is 11.8. The Morgan fingerprint density at radius 2 is 1.95 bits per heavy atom. The fourth-order valence-electron chi connectivity index (χ4n) is 3.29. The number of rotatable bonds is 3. The van der Waals surface area contributed by atoms with Crippen molar-refractivity contribution in [1.29, 1.82) is 0 Å². The van der Waals surface area contributed by atoms with Crippen molar-refractivity contribution in [2.75, 3.05) is 0 Å². The molecule has 0 radical (unpaired) electrons. The molecule has 8 heteroatoms. The molecule has 120 valence electrons. The van der Waals surface area contributed by atoms with Crippen molar-refractivity contribution in [3.63, 3.8) is 0 Å². The summed E-state index contributed by atoms with van der Waals surface area (Å²) in [5, 5.41) is 17.7. The van der Waals surface area contributed by atoms with Crippen molar-refractivity contribution in [3.8, 4) is 0 Å². The Bertz CT molecular complexity index is 585. The van der Waals surface area contributed by atoms with Gasteiger partial charge in [0.1, 0.15) is 5.56 Å². The van der Waals surface area contributed by atoms with E-state index in [0.717, 1.165) is 25.7 Å². The summed E-state index contributed by atoms with van der Waals surface area (Å²) < 4.78 is 0. The first-order valence-electron chi connectivity index (χ1n) is 7.04. The van der Waals surface area contributed by atoms with Crippen LogP contribution in [0.25, 0.3) is 0 Å². The minimum absolute atomic E-state index is 0. The molecule has 0 spiro atoms. The normalized spacial score (nSPS) is 26.1. The summed E-state index contributed by atoms with van der Waals surface area (Å²) in [4.78, 5) is 22.8. The molecule has 1 aromatic carbocycles. The van der Waals surface area contributed by atoms with Gasteiger partial charge < -0.3 is 10.6 Å². The van der Waals surface area contributed by atoms with Gasteiger partial charge in [0.2, 0.25) is 0 Å². The second kappa shape index (κ2) is 6.81. The molecule has 2 heterocycles. The average molecular weight is 346 g/mol. The summed E-state index contributed by atoms with van der Waals surface area (Å²) in [5.41, 5.74) is -0.188. The molecule has 3 rings (SSSR count). The van der Waals surface area contributed by atoms with Gasteiger partial charge in [0, 0.05) is 29.2 Å². The number of nitro groups is 1. The smallest absolute Gasteiger partial charge is 0.282 e. The predicted molar refractivity (Wildman–Crippen MR) is 85.8 cm³/mol. The summed E-state index contributed by atoms with van der Waals surface area (Å²) in [6.45, 7) is 0. The summed E-state index contributed by atoms with van der Waals surface area (Å²) in [6.07, 6.45) is 4.01. The highest BCUT2D eigenvalue weighted by Crippen LogP contribution is 2.28. The van der Waals surface area contributed by atoms with E-state index in [0.29, 0.717) is 17.1 Å². The lowest BCUT2D eigenvalue weighted by molar-refractivity contribution is -0.385. The minimum atomic E-state index is -0.558. The van der Waals surface area contributed by atoms with Gasteiger partial charge in [0.05, 0.1) is 4.92 Å². The third-order valence-electron chi connectivity index (χ3n) is 4.21. The number of carbonyl (C=O) groups excluding carboxylic acids is 1. The highest BCUT2D eigenvalue weighted by atomic mass is 35.5. The monoisotopic (exact) mass is 345 g/mol. The maximum Gasteiger partial charge on any atom is 0.282 e. The van der Waals surface area contributed by atoms with Crippen molar-refractivity contribution in [1.82, 2.24) is 10.6 Å². The number of nitro benzene ring substituents is 1. The molecule has 6 nitrogen and oxygen atoms in total. The van der Waals surface area contributed by atoms with Crippen LogP contribution >= 0.6 is 24.0 Å². The summed E-state index contributed by atoms with van der Waals surface area (Å²) in [6, 6.07) is 5.00. The predicted octanol–water partition coefficient (Wildman–Crippen LogP) is 2.68. The Labute approximate surface area is 139 Å². The maximum absolute atomic E-state index is 12.3. The van der Waals surface area contributed by atoms with Crippen LogP contribution in [0.4, 0.5) is 5.69 Å². The zero-order valence-corrected chi connectivity index (χ0v) is 13.3. The second-order valence-electron chi connectivity index (χ2n) is 5.70. The van der Waals surface area contributed by atoms with Gasteiger partial charge in [0.25, 0.3) is 11.6 Å². The number of halogens is 2. The van der Waals surface area contributed by atoms with Gasteiger partial charge in [-0.25, -0.2) is 0 Å². The number of nitrogens with zero attached hydrogens (tertiary/aromatic N) is 1. The van der Waals surface area contributed by atoms with Crippen LogP contribution in [0.3, 0.4) is 0 Å². The highest BCUT2D eigenvalue weighted by molar-refractivity contribution is 6.31. The van der Waals surface area contributed by atoms with E-state index < -0.39 is 10.8 Å². The summed E-state index contributed by atoms with van der Waals surface area (Å²) >= 11 is 5.85. The van der Waals surface area contributed by atoms with Gasteiger partial charge in [-0.05, 0) is 37.8 Å². The molecule has 1 aromatic rings. The van der Waals surface area contributed by atoms with Gasteiger partial charge in [0.15, 0.2) is 0 Å². The van der Waals surface area contributed by atoms with Crippen molar-refractivity contribution >= 4 is 35.6 Å². The number of carbonyl (C=O) groups is 1. The Morgan fingerprint density at radius 1 is 1.32 bits per heavy atom. The maximum atomic E-state index is 12.3. The van der Waals surface area contributed by atoms with Crippen LogP contribution < -0.4 is 10.6 Å². The summed E-state index contributed by atoms with van der Waals surface area (Å²) in [7, 11) is 0. The SMILES string of the molecule is Cl.O=C(NC1CC2CCC(C1)N2)c1cc(Cl)ccc1[N+](=O)[O-]. The van der Waals surface area contributed by atoms with Crippen LogP contribution in [-0.4, -0.2) is 29.0 Å². The van der Waals surface area contributed by atoms with Crippen molar-refractivity contribution in [2.45, 2.75) is 43.8 Å². The molecule has 2 saturated heterocycles. The Hall–Kier alpha value is -1.37. The van der Waals surface area contributed by atoms with Gasteiger partial charge in [-0.1, -0.05) is 11.6 Å². The van der Waals surface area contributed by atoms with E-state index in [9.17, 15) is 14.9 Å². The Balaban J connectivity index is 0.00000176. The third kappa shape index (κ3) is 3.51. The van der Waals surface area contributed by atoms with Gasteiger partial charge >= 0.3 is 0 Å². The molecule has 2 N–H and O–H groups in total. The van der Waals surface area contributed by atoms with E-state index in [-0.39, 0.29) is 29.7 Å². The fourth-order valence-corrected chi connectivity index (χ4v) is 3.46. The second-order valence-corrected chi connectivity index (χ2v) is 6.13. The first kappa shape index (κ1) is 17.0. The van der Waals surface area contributed by atoms with Gasteiger partial charge in [-0.2, -0.15) is 0 Å². The topological polar surface area (TPSA) is 84.3 Å². The number of hydrogen-bond donors (Lipinski definition) is 2. The molecule has 1 amide bonds. The molecule has 0 aliphatic carbocycles. The number of hydrogen-bond acceptors (Lipinski definition) is 4. The molecule has 2 atom stereocenters. The average Bonchev–Trinajstić information content (AvgIpc) is 2.77. The fraction of sp³-hybridized carbons (Fsp3) is 0.500. The third-order valence-corrected chi connectivity index (χ3v) is 4.44. The largest absolute Gasteiger partial charge is 0.349 e. The van der Waals surface area contributed by atoms with Gasteiger partial charge in [-0.15, -0.1) is 12.4 Å². The van der Waals surface area contributed by atoms with E-state index >= 15 is 0 Å². The first-order chi connectivity index (χ1) is 10.0. The highest BCUT2D eigenvalue weighted by Gasteiger charge is 2.34. The van der Waals surface area contributed by atoms with E-state index in [1.165, 1.54) is 18.2 Å². The lowest BCUT2D eigenvalue weighted by Crippen LogP contribution is -2.48. The molecule has 2 bridgehead atoms. The van der Waals surface area contributed by atoms with Crippen molar-refractivity contribution in [2.24, 2.45) is 0 Å². The lowest BCUT2D eigenvalue weighted by Gasteiger charge is -2.29. The number of piperidine rings is 1. The van der Waals surface area contributed by atoms with Crippen LogP contribution in [0.1, 0.15) is 36.0 Å². The van der Waals surface area contributed by atoms with Crippen LogP contribution in [0, 0.1) is 10.1 Å². The number of nitrogens with one attached hydrogen (secondary N) is 2. The molecule has 2 aliphatic rings. The summed E-state index contributed by atoms with van der Waals surface area (Å²) in [5.74, 6) is -0.421. The van der Waals surface area contributed by atoms with Crippen molar-refractivity contribution in [3.05, 3.63) is 38.9 Å². The van der Waals surface area contributed by atoms with Crippen LogP contribution in [0.5, 0.6) is 0 Å². The van der Waals surface area contributed by atoms with E-state index in [1.807, 2.05) is 0 Å². The molecule has 2 fully saturated rings. The molecule has 0 saturated carbocycles. The van der Waals surface area contributed by atoms with Crippen LogP contribution in [-0.2, 0) is 0 Å². The lowest BCUT2D eigenvalue weighted by atomic mass is 9.99. The van der Waals surface area contributed by atoms with E-state index in [4.69, 9.17) is 11.6 Å². The van der Waals surface area contributed by atoms with Crippen LogP contribution in [0.15, 0.2) is 18.2 Å². The van der Waals surface area contributed by atoms with E-state index in [1.54, 1.807) is 0 Å². The van der Waals surface area contributed by atoms with Crippen molar-refractivity contribution < 1.29 is 9.72 Å². The standard InChI is InChI=1S/C14H16ClN3O3.ClH/c15-8-1-4-13(18(20)21)12(5-8)14(19)17-11-6-9-2-3-10(7-11)16-9;/h1,4-5,9-11,16H,2-3,6-7H2,(H,17,19);1H. The van der Waals surface area contributed by atoms with Crippen LogP contribution in [0.2, 0.25) is 5.02 Å². The molecule has 0 aromatic heterocycles. The first-order valence-corrected chi connectivity index (χ1v) is 7.41. The Kier molecular flexibility index (Phi) is 5.26. The molecular weight excluding hydrogens is 329 g/mol. The van der Waals surface area contributed by atoms with Gasteiger partial charge in [-0.3, -0.25) is 14.9 Å². The minimum Gasteiger partial charge on any atom is -0.349 e. The van der Waals surface area contributed by atoms with E-state index in [2.05, 4.69) is 10.6 Å². The quantitative estimate of drug-likeness (QED) is 0.651. The number of amides is 1.